The molecule has 19 heavy (non-hydrogen) atoms. The topological polar surface area (TPSA) is 73.1 Å². The first-order chi connectivity index (χ1) is 8.91. The number of nitrogens with two attached hydrogens (primary N) is 1. The summed E-state index contributed by atoms with van der Waals surface area (Å²) in [4.78, 5) is 6.99. The van der Waals surface area contributed by atoms with Gasteiger partial charge in [-0.25, -0.2) is 4.98 Å². The summed E-state index contributed by atoms with van der Waals surface area (Å²) in [5.41, 5.74) is 4.28. The molecule has 2 aliphatic rings. The Bertz CT molecular complexity index is 493. The Labute approximate surface area is 107 Å². The van der Waals surface area contributed by atoms with Crippen LogP contribution in [-0.2, 0) is 10.9 Å². The molecular weight excluding hydrogens is 261 g/mol. The number of ether oxygens (including phenoxy) is 1. The van der Waals surface area contributed by atoms with E-state index < -0.39 is 11.9 Å². The van der Waals surface area contributed by atoms with Crippen molar-refractivity contribution in [2.75, 3.05) is 11.1 Å². The molecule has 5 nitrogen and oxygen atoms in total. The Morgan fingerprint density at radius 1 is 1.32 bits per heavy atom. The maximum absolute atomic E-state index is 12.6. The average Bonchev–Trinajstić information content (AvgIpc) is 2.88. The van der Waals surface area contributed by atoms with Crippen LogP contribution in [-0.4, -0.2) is 28.2 Å². The zero-order valence-corrected chi connectivity index (χ0v) is 9.94. The van der Waals surface area contributed by atoms with Gasteiger partial charge in [-0.3, -0.25) is 0 Å². The van der Waals surface area contributed by atoms with Crippen LogP contribution in [0.15, 0.2) is 6.07 Å². The van der Waals surface area contributed by atoms with E-state index in [1.165, 1.54) is 0 Å². The summed E-state index contributed by atoms with van der Waals surface area (Å²) in [6, 6.07) is 0.872. The molecule has 2 saturated heterocycles. The van der Waals surface area contributed by atoms with Crippen LogP contribution in [0.4, 0.5) is 24.9 Å². The maximum Gasteiger partial charge on any atom is 0.433 e. The van der Waals surface area contributed by atoms with Crippen LogP contribution >= 0.6 is 0 Å². The van der Waals surface area contributed by atoms with Crippen LogP contribution in [0.5, 0.6) is 0 Å². The highest BCUT2D eigenvalue weighted by Crippen LogP contribution is 2.36. The Morgan fingerprint density at radius 2 is 2.11 bits per heavy atom. The van der Waals surface area contributed by atoms with Gasteiger partial charge in [-0.2, -0.15) is 18.2 Å². The van der Waals surface area contributed by atoms with Crippen LogP contribution in [0.25, 0.3) is 0 Å². The van der Waals surface area contributed by atoms with E-state index in [1.807, 2.05) is 0 Å². The third-order valence-corrected chi connectivity index (χ3v) is 3.47. The first-order valence-corrected chi connectivity index (χ1v) is 6.05. The van der Waals surface area contributed by atoms with Crippen molar-refractivity contribution < 1.29 is 17.9 Å². The minimum absolute atomic E-state index is 0.00543. The minimum Gasteiger partial charge on any atom is -0.373 e. The molecule has 3 unspecified atom stereocenters. The highest BCUT2D eigenvalue weighted by molar-refractivity contribution is 5.42. The number of alkyl halides is 3. The molecule has 0 aliphatic carbocycles. The van der Waals surface area contributed by atoms with Gasteiger partial charge in [0.05, 0.1) is 18.2 Å². The summed E-state index contributed by atoms with van der Waals surface area (Å²) < 4.78 is 43.5. The molecule has 0 saturated carbocycles. The van der Waals surface area contributed by atoms with E-state index in [2.05, 4.69) is 15.3 Å². The van der Waals surface area contributed by atoms with Crippen LogP contribution in [0, 0.1) is 0 Å². The van der Waals surface area contributed by atoms with Gasteiger partial charge in [0.2, 0.25) is 5.95 Å². The monoisotopic (exact) mass is 274 g/mol. The minimum atomic E-state index is -4.53. The molecule has 3 N–H and O–H groups in total. The number of nitrogens with zero attached hydrogens (tertiary/aromatic N) is 2. The third kappa shape index (κ3) is 2.44. The van der Waals surface area contributed by atoms with Gasteiger partial charge < -0.3 is 15.8 Å². The van der Waals surface area contributed by atoms with Crippen molar-refractivity contribution in [1.82, 2.24) is 9.97 Å². The van der Waals surface area contributed by atoms with Crippen molar-refractivity contribution in [3.8, 4) is 0 Å². The van der Waals surface area contributed by atoms with Gasteiger partial charge in [0.1, 0.15) is 5.82 Å². The van der Waals surface area contributed by atoms with Crippen molar-refractivity contribution in [3.63, 3.8) is 0 Å². The van der Waals surface area contributed by atoms with Gasteiger partial charge in [0.25, 0.3) is 0 Å². The molecule has 3 atom stereocenters. The van der Waals surface area contributed by atoms with Crippen molar-refractivity contribution in [2.24, 2.45) is 0 Å². The lowest BCUT2D eigenvalue weighted by Crippen LogP contribution is -2.31. The van der Waals surface area contributed by atoms with Gasteiger partial charge in [-0.05, 0) is 19.3 Å². The molecule has 0 spiro atoms. The number of fused-ring (bicyclic) bond motifs is 2. The second-order valence-electron chi connectivity index (χ2n) is 4.85. The predicted octanol–water partition coefficient (Wildman–Crippen LogP) is 1.81. The number of halogens is 3. The second-order valence-corrected chi connectivity index (χ2v) is 4.85. The van der Waals surface area contributed by atoms with Gasteiger partial charge in [-0.15, -0.1) is 0 Å². The summed E-state index contributed by atoms with van der Waals surface area (Å²) in [5.74, 6) is -0.289. The molecule has 3 heterocycles. The second kappa shape index (κ2) is 4.22. The predicted molar refractivity (Wildman–Crippen MR) is 61.4 cm³/mol. The fraction of sp³-hybridized carbons (Fsp3) is 0.636. The molecule has 2 fully saturated rings. The van der Waals surface area contributed by atoms with Crippen molar-refractivity contribution in [2.45, 2.75) is 43.7 Å². The van der Waals surface area contributed by atoms with Crippen LogP contribution in [0.2, 0.25) is 0 Å². The van der Waals surface area contributed by atoms with E-state index in [0.29, 0.717) is 0 Å². The van der Waals surface area contributed by atoms with E-state index in [4.69, 9.17) is 10.5 Å². The van der Waals surface area contributed by atoms with E-state index in [1.54, 1.807) is 0 Å². The van der Waals surface area contributed by atoms with Crippen molar-refractivity contribution in [3.05, 3.63) is 11.8 Å². The quantitative estimate of drug-likeness (QED) is 0.860. The standard InChI is InChI=1S/C11H13F3N4O/c12-11(13,14)8-4-9(18-10(15)17-8)16-6-3-5-1-2-7(6)19-5/h4-7H,1-3H2,(H3,15,16,17,18). The summed E-state index contributed by atoms with van der Waals surface area (Å²) >= 11 is 0. The number of rotatable bonds is 2. The van der Waals surface area contributed by atoms with Crippen LogP contribution in [0.3, 0.4) is 0 Å². The molecule has 0 radical (unpaired) electrons. The molecule has 0 aromatic carbocycles. The molecule has 8 heteroatoms. The number of hydrogen-bond donors (Lipinski definition) is 2. The van der Waals surface area contributed by atoms with Gasteiger partial charge in [-0.1, -0.05) is 0 Å². The van der Waals surface area contributed by atoms with Crippen LogP contribution in [0.1, 0.15) is 25.0 Å². The summed E-state index contributed by atoms with van der Waals surface area (Å²) in [6.07, 6.45) is -1.54. The van der Waals surface area contributed by atoms with E-state index in [0.717, 1.165) is 25.3 Å². The maximum atomic E-state index is 12.6. The third-order valence-electron chi connectivity index (χ3n) is 3.47. The number of aromatic nitrogens is 2. The molecule has 1 aromatic rings. The number of hydrogen-bond acceptors (Lipinski definition) is 5. The normalized spacial score (nSPS) is 29.7. The summed E-state index contributed by atoms with van der Waals surface area (Å²) in [5, 5.41) is 2.97. The van der Waals surface area contributed by atoms with Gasteiger partial charge in [0.15, 0.2) is 5.69 Å². The SMILES string of the molecule is Nc1nc(NC2CC3CCC2O3)cc(C(F)(F)F)n1. The molecule has 2 bridgehead atoms. The van der Waals surface area contributed by atoms with E-state index in [-0.39, 0.29) is 30.0 Å². The Balaban J connectivity index is 1.79. The van der Waals surface area contributed by atoms with Gasteiger partial charge in [0, 0.05) is 6.07 Å². The van der Waals surface area contributed by atoms with Crippen molar-refractivity contribution >= 4 is 11.8 Å². The Hall–Kier alpha value is -1.57. The molecule has 0 amide bonds. The lowest BCUT2D eigenvalue weighted by Gasteiger charge is -2.21. The Kier molecular flexibility index (Phi) is 2.77. The molecule has 104 valence electrons. The lowest BCUT2D eigenvalue weighted by molar-refractivity contribution is -0.141. The van der Waals surface area contributed by atoms with Gasteiger partial charge >= 0.3 is 6.18 Å². The first kappa shape index (κ1) is 12.5. The Morgan fingerprint density at radius 3 is 2.68 bits per heavy atom. The molecule has 2 aliphatic heterocycles. The number of anilines is 2. The van der Waals surface area contributed by atoms with E-state index >= 15 is 0 Å². The fourth-order valence-electron chi connectivity index (χ4n) is 2.66. The van der Waals surface area contributed by atoms with Crippen LogP contribution < -0.4 is 11.1 Å². The molecule has 3 rings (SSSR count). The lowest BCUT2D eigenvalue weighted by atomic mass is 9.95. The largest absolute Gasteiger partial charge is 0.433 e. The first-order valence-electron chi connectivity index (χ1n) is 6.05. The molecular formula is C11H13F3N4O. The zero-order chi connectivity index (χ0) is 13.6. The van der Waals surface area contributed by atoms with Crippen molar-refractivity contribution in [1.29, 1.82) is 0 Å². The highest BCUT2D eigenvalue weighted by Gasteiger charge is 2.41. The smallest absolute Gasteiger partial charge is 0.373 e. The number of nitrogens with one attached hydrogen (secondary N) is 1. The molecule has 1 aromatic heterocycles. The zero-order valence-electron chi connectivity index (χ0n) is 9.94. The number of nitrogen functional groups attached to an aromatic ring is 1. The fourth-order valence-corrected chi connectivity index (χ4v) is 2.66. The summed E-state index contributed by atoms with van der Waals surface area (Å²) in [6.45, 7) is 0. The average molecular weight is 274 g/mol. The highest BCUT2D eigenvalue weighted by atomic mass is 19.4. The summed E-state index contributed by atoms with van der Waals surface area (Å²) in [7, 11) is 0. The van der Waals surface area contributed by atoms with E-state index in [9.17, 15) is 13.2 Å².